The van der Waals surface area contributed by atoms with Crippen LogP contribution in [0.1, 0.15) is 45.3 Å². The van der Waals surface area contributed by atoms with Gasteiger partial charge in [0.05, 0.1) is 11.7 Å². The number of aliphatic hydroxyl groups is 1. The van der Waals surface area contributed by atoms with Crippen LogP contribution in [0.3, 0.4) is 0 Å². The molecule has 2 atom stereocenters. The summed E-state index contributed by atoms with van der Waals surface area (Å²) in [5.41, 5.74) is 0.156. The van der Waals surface area contributed by atoms with Gasteiger partial charge in [-0.3, -0.25) is 0 Å². The van der Waals surface area contributed by atoms with Crippen molar-refractivity contribution in [2.24, 2.45) is 0 Å². The Kier molecular flexibility index (Phi) is 3.96. The number of ether oxygens (including phenoxy) is 2. The molecule has 0 aromatic heterocycles. The molecule has 0 radical (unpaired) electrons. The van der Waals surface area contributed by atoms with Crippen LogP contribution in [-0.4, -0.2) is 23.4 Å². The van der Waals surface area contributed by atoms with Crippen molar-refractivity contribution in [3.63, 3.8) is 0 Å². The Bertz CT molecular complexity index is 472. The number of fused-ring (bicyclic) bond motifs is 1. The third-order valence-electron chi connectivity index (χ3n) is 3.66. The van der Waals surface area contributed by atoms with Gasteiger partial charge in [-0.15, -0.1) is 0 Å². The molecule has 0 fully saturated rings. The van der Waals surface area contributed by atoms with Crippen LogP contribution in [0.25, 0.3) is 0 Å². The van der Waals surface area contributed by atoms with E-state index in [1.807, 2.05) is 39.0 Å². The molecule has 1 aliphatic rings. The molecule has 0 saturated heterocycles. The van der Waals surface area contributed by atoms with E-state index in [4.69, 9.17) is 9.47 Å². The monoisotopic (exact) mass is 328 g/mol. The molecule has 2 unspecified atom stereocenters. The third kappa shape index (κ3) is 3.30. The summed E-state index contributed by atoms with van der Waals surface area (Å²) in [6, 6.07) is 5.75. The lowest BCUT2D eigenvalue weighted by molar-refractivity contribution is -0.0746. The topological polar surface area (TPSA) is 38.7 Å². The summed E-state index contributed by atoms with van der Waals surface area (Å²) in [5.74, 6) is 0.761. The van der Waals surface area contributed by atoms with Crippen molar-refractivity contribution in [1.29, 1.82) is 0 Å². The van der Waals surface area contributed by atoms with Gasteiger partial charge in [-0.25, -0.2) is 0 Å². The van der Waals surface area contributed by atoms with E-state index in [0.717, 1.165) is 22.2 Å². The minimum absolute atomic E-state index is 0.276. The van der Waals surface area contributed by atoms with Gasteiger partial charge >= 0.3 is 0 Å². The average molecular weight is 329 g/mol. The summed E-state index contributed by atoms with van der Waals surface area (Å²) in [6.45, 7) is 6.10. The average Bonchev–Trinajstić information content (AvgIpc) is 2.29. The molecule has 0 saturated carbocycles. The zero-order chi connectivity index (χ0) is 14.3. The first-order chi connectivity index (χ1) is 8.75. The predicted molar refractivity (Wildman–Crippen MR) is 78.5 cm³/mol. The molecule has 1 aliphatic heterocycles. The summed E-state index contributed by atoms with van der Waals surface area (Å²) in [6.07, 6.45) is 0.797. The molecule has 0 amide bonds. The van der Waals surface area contributed by atoms with E-state index in [9.17, 15) is 5.11 Å². The molecule has 0 aliphatic carbocycles. The number of halogens is 1. The fourth-order valence-electron chi connectivity index (χ4n) is 2.78. The van der Waals surface area contributed by atoms with Gasteiger partial charge in [0.1, 0.15) is 11.4 Å². The van der Waals surface area contributed by atoms with Crippen LogP contribution in [0.4, 0.5) is 0 Å². The molecule has 0 spiro atoms. The summed E-state index contributed by atoms with van der Waals surface area (Å²) < 4.78 is 12.6. The lowest BCUT2D eigenvalue weighted by Gasteiger charge is -2.42. The second-order valence-electron chi connectivity index (χ2n) is 6.09. The van der Waals surface area contributed by atoms with Crippen molar-refractivity contribution in [2.75, 3.05) is 7.11 Å². The van der Waals surface area contributed by atoms with Gasteiger partial charge in [-0.2, -0.15) is 0 Å². The lowest BCUT2D eigenvalue weighted by Crippen LogP contribution is -2.44. The second-order valence-corrected chi connectivity index (χ2v) is 7.01. The molecule has 3 nitrogen and oxygen atoms in total. The van der Waals surface area contributed by atoms with Crippen LogP contribution < -0.4 is 4.74 Å². The van der Waals surface area contributed by atoms with Crippen LogP contribution >= 0.6 is 15.9 Å². The first kappa shape index (κ1) is 14.8. The molecule has 1 aromatic carbocycles. The highest BCUT2D eigenvalue weighted by Crippen LogP contribution is 2.43. The normalized spacial score (nSPS) is 26.7. The van der Waals surface area contributed by atoms with Crippen LogP contribution in [0.15, 0.2) is 22.7 Å². The quantitative estimate of drug-likeness (QED) is 0.916. The van der Waals surface area contributed by atoms with E-state index < -0.39 is 11.7 Å². The Hall–Kier alpha value is -0.580. The standard InChI is InChI=1S/C15H21BrO3/c1-14(2,18-4)9-15(3)8-12(17)11-7-10(16)5-6-13(11)19-15/h5-7,12,17H,8-9H2,1-4H3. The Balaban J connectivity index is 2.27. The molecule has 19 heavy (non-hydrogen) atoms. The summed E-state index contributed by atoms with van der Waals surface area (Å²) in [5, 5.41) is 10.3. The Labute approximate surface area is 123 Å². The number of methoxy groups -OCH3 is 1. The van der Waals surface area contributed by atoms with E-state index in [1.165, 1.54) is 0 Å². The summed E-state index contributed by atoms with van der Waals surface area (Å²) in [7, 11) is 1.70. The number of hydrogen-bond acceptors (Lipinski definition) is 3. The summed E-state index contributed by atoms with van der Waals surface area (Å²) in [4.78, 5) is 0. The van der Waals surface area contributed by atoms with Crippen molar-refractivity contribution in [1.82, 2.24) is 0 Å². The Morgan fingerprint density at radius 1 is 1.53 bits per heavy atom. The SMILES string of the molecule is COC(C)(C)CC1(C)CC(O)c2cc(Br)ccc2O1. The van der Waals surface area contributed by atoms with Gasteiger partial charge < -0.3 is 14.6 Å². The van der Waals surface area contributed by atoms with Crippen LogP contribution in [-0.2, 0) is 4.74 Å². The highest BCUT2D eigenvalue weighted by atomic mass is 79.9. The molecule has 1 N–H and O–H groups in total. The molecular formula is C15H21BrO3. The molecular weight excluding hydrogens is 308 g/mol. The fourth-order valence-corrected chi connectivity index (χ4v) is 3.16. The minimum Gasteiger partial charge on any atom is -0.487 e. The van der Waals surface area contributed by atoms with E-state index in [-0.39, 0.29) is 5.60 Å². The van der Waals surface area contributed by atoms with Gasteiger partial charge in [0.25, 0.3) is 0 Å². The van der Waals surface area contributed by atoms with E-state index in [1.54, 1.807) is 7.11 Å². The number of aliphatic hydroxyl groups excluding tert-OH is 1. The maximum atomic E-state index is 10.3. The number of benzene rings is 1. The smallest absolute Gasteiger partial charge is 0.126 e. The van der Waals surface area contributed by atoms with Gasteiger partial charge in [-0.05, 0) is 39.0 Å². The molecule has 106 valence electrons. The number of hydrogen-bond donors (Lipinski definition) is 1. The van der Waals surface area contributed by atoms with E-state index in [2.05, 4.69) is 15.9 Å². The van der Waals surface area contributed by atoms with Crippen molar-refractivity contribution in [3.05, 3.63) is 28.2 Å². The van der Waals surface area contributed by atoms with Crippen LogP contribution in [0.5, 0.6) is 5.75 Å². The molecule has 0 bridgehead atoms. The largest absolute Gasteiger partial charge is 0.487 e. The van der Waals surface area contributed by atoms with Crippen molar-refractivity contribution in [3.8, 4) is 5.75 Å². The second kappa shape index (κ2) is 5.08. The maximum absolute atomic E-state index is 10.3. The lowest BCUT2D eigenvalue weighted by atomic mass is 9.82. The Morgan fingerprint density at radius 2 is 2.21 bits per heavy atom. The molecule has 2 rings (SSSR count). The number of rotatable bonds is 3. The zero-order valence-electron chi connectivity index (χ0n) is 11.9. The zero-order valence-corrected chi connectivity index (χ0v) is 13.5. The van der Waals surface area contributed by atoms with Crippen molar-refractivity contribution < 1.29 is 14.6 Å². The molecule has 1 heterocycles. The van der Waals surface area contributed by atoms with E-state index >= 15 is 0 Å². The third-order valence-corrected chi connectivity index (χ3v) is 4.16. The van der Waals surface area contributed by atoms with Crippen molar-refractivity contribution in [2.45, 2.75) is 50.9 Å². The van der Waals surface area contributed by atoms with Gasteiger partial charge in [0, 0.05) is 30.0 Å². The molecule has 4 heteroatoms. The minimum atomic E-state index is -0.501. The van der Waals surface area contributed by atoms with Gasteiger partial charge in [0.15, 0.2) is 0 Å². The highest BCUT2D eigenvalue weighted by Gasteiger charge is 2.40. The highest BCUT2D eigenvalue weighted by molar-refractivity contribution is 9.10. The Morgan fingerprint density at radius 3 is 2.84 bits per heavy atom. The fraction of sp³-hybridized carbons (Fsp3) is 0.600. The van der Waals surface area contributed by atoms with Gasteiger partial charge in [0.2, 0.25) is 0 Å². The van der Waals surface area contributed by atoms with Gasteiger partial charge in [-0.1, -0.05) is 15.9 Å². The molecule has 1 aromatic rings. The maximum Gasteiger partial charge on any atom is 0.126 e. The first-order valence-electron chi connectivity index (χ1n) is 6.46. The first-order valence-corrected chi connectivity index (χ1v) is 7.26. The summed E-state index contributed by atoms with van der Waals surface area (Å²) >= 11 is 3.42. The van der Waals surface area contributed by atoms with E-state index in [0.29, 0.717) is 6.42 Å². The van der Waals surface area contributed by atoms with Crippen LogP contribution in [0.2, 0.25) is 0 Å². The van der Waals surface area contributed by atoms with Crippen molar-refractivity contribution >= 4 is 15.9 Å². The van der Waals surface area contributed by atoms with Crippen LogP contribution in [0, 0.1) is 0 Å². The predicted octanol–water partition coefficient (Wildman–Crippen LogP) is 3.84.